The zero-order valence-corrected chi connectivity index (χ0v) is 11.3. The van der Waals surface area contributed by atoms with Crippen LogP contribution in [0, 0.1) is 6.92 Å². The molecule has 1 aliphatic heterocycles. The van der Waals surface area contributed by atoms with Crippen molar-refractivity contribution in [3.8, 4) is 5.75 Å². The first-order valence-corrected chi connectivity index (χ1v) is 6.79. The zero-order chi connectivity index (χ0) is 13.0. The molecule has 0 amide bonds. The van der Waals surface area contributed by atoms with E-state index in [0.717, 1.165) is 31.6 Å². The Bertz CT molecular complexity index is 386. The van der Waals surface area contributed by atoms with Crippen molar-refractivity contribution in [2.24, 2.45) is 5.73 Å². The first kappa shape index (κ1) is 13.4. The second-order valence-electron chi connectivity index (χ2n) is 5.04. The topological polar surface area (TPSA) is 44.5 Å². The standard InChI is InChI=1S/C15H23NO2/c1-3-13(16)9-12-6-4-5-11(2)15(12)18-14-7-8-17-10-14/h4-6,13-14H,3,7-10,16H2,1-2H3. The predicted molar refractivity (Wildman–Crippen MR) is 73.0 cm³/mol. The molecule has 1 aromatic rings. The summed E-state index contributed by atoms with van der Waals surface area (Å²) < 4.78 is 11.5. The van der Waals surface area contributed by atoms with Gasteiger partial charge in [-0.15, -0.1) is 0 Å². The SMILES string of the molecule is CCC(N)Cc1cccc(C)c1OC1CCOC1. The van der Waals surface area contributed by atoms with E-state index in [0.29, 0.717) is 6.61 Å². The normalized spacial score (nSPS) is 20.9. The van der Waals surface area contributed by atoms with Crippen LogP contribution in [0.15, 0.2) is 18.2 Å². The highest BCUT2D eigenvalue weighted by Gasteiger charge is 2.20. The van der Waals surface area contributed by atoms with Crippen molar-refractivity contribution in [3.63, 3.8) is 0 Å². The van der Waals surface area contributed by atoms with E-state index < -0.39 is 0 Å². The van der Waals surface area contributed by atoms with Crippen molar-refractivity contribution in [2.75, 3.05) is 13.2 Å². The van der Waals surface area contributed by atoms with E-state index in [2.05, 4.69) is 32.0 Å². The number of benzene rings is 1. The molecule has 100 valence electrons. The van der Waals surface area contributed by atoms with Crippen LogP contribution in [-0.2, 0) is 11.2 Å². The van der Waals surface area contributed by atoms with Crippen molar-refractivity contribution < 1.29 is 9.47 Å². The number of hydrogen-bond acceptors (Lipinski definition) is 3. The number of aryl methyl sites for hydroxylation is 1. The molecule has 0 aromatic heterocycles. The highest BCUT2D eigenvalue weighted by Crippen LogP contribution is 2.27. The smallest absolute Gasteiger partial charge is 0.125 e. The average Bonchev–Trinajstić information content (AvgIpc) is 2.86. The molecule has 0 bridgehead atoms. The van der Waals surface area contributed by atoms with Gasteiger partial charge in [0.1, 0.15) is 11.9 Å². The van der Waals surface area contributed by atoms with Gasteiger partial charge in [0.2, 0.25) is 0 Å². The molecule has 0 radical (unpaired) electrons. The van der Waals surface area contributed by atoms with Crippen LogP contribution in [0.4, 0.5) is 0 Å². The lowest BCUT2D eigenvalue weighted by Gasteiger charge is -2.19. The molecule has 1 aliphatic rings. The number of para-hydroxylation sites is 1. The lowest BCUT2D eigenvalue weighted by molar-refractivity contribution is 0.140. The Labute approximate surface area is 109 Å². The number of hydrogen-bond donors (Lipinski definition) is 1. The molecular weight excluding hydrogens is 226 g/mol. The molecule has 1 aromatic carbocycles. The Kier molecular flexibility index (Phi) is 4.61. The summed E-state index contributed by atoms with van der Waals surface area (Å²) in [7, 11) is 0. The molecule has 1 heterocycles. The van der Waals surface area contributed by atoms with Crippen LogP contribution in [0.25, 0.3) is 0 Å². The molecular formula is C15H23NO2. The Morgan fingerprint density at radius 3 is 3.00 bits per heavy atom. The van der Waals surface area contributed by atoms with Gasteiger partial charge in [0.25, 0.3) is 0 Å². The summed E-state index contributed by atoms with van der Waals surface area (Å²) in [6, 6.07) is 6.49. The second kappa shape index (κ2) is 6.21. The van der Waals surface area contributed by atoms with Crippen LogP contribution in [0.1, 0.15) is 30.9 Å². The largest absolute Gasteiger partial charge is 0.487 e. The lowest BCUT2D eigenvalue weighted by atomic mass is 10.0. The molecule has 0 spiro atoms. The van der Waals surface area contributed by atoms with Crippen LogP contribution >= 0.6 is 0 Å². The maximum Gasteiger partial charge on any atom is 0.125 e. The fourth-order valence-electron chi connectivity index (χ4n) is 2.24. The van der Waals surface area contributed by atoms with Gasteiger partial charge in [0.15, 0.2) is 0 Å². The molecule has 2 rings (SSSR count). The summed E-state index contributed by atoms with van der Waals surface area (Å²) in [5.41, 5.74) is 8.45. The summed E-state index contributed by atoms with van der Waals surface area (Å²) in [5, 5.41) is 0. The van der Waals surface area contributed by atoms with Gasteiger partial charge in [-0.3, -0.25) is 0 Å². The lowest BCUT2D eigenvalue weighted by Crippen LogP contribution is -2.23. The van der Waals surface area contributed by atoms with E-state index in [1.165, 1.54) is 11.1 Å². The van der Waals surface area contributed by atoms with Crippen molar-refractivity contribution >= 4 is 0 Å². The molecule has 3 nitrogen and oxygen atoms in total. The Morgan fingerprint density at radius 2 is 2.33 bits per heavy atom. The van der Waals surface area contributed by atoms with Gasteiger partial charge in [-0.1, -0.05) is 25.1 Å². The molecule has 1 saturated heterocycles. The van der Waals surface area contributed by atoms with E-state index in [-0.39, 0.29) is 12.1 Å². The van der Waals surface area contributed by atoms with Gasteiger partial charge in [0, 0.05) is 12.5 Å². The monoisotopic (exact) mass is 249 g/mol. The molecule has 3 heteroatoms. The van der Waals surface area contributed by atoms with E-state index >= 15 is 0 Å². The first-order valence-electron chi connectivity index (χ1n) is 6.79. The molecule has 0 aliphatic carbocycles. The van der Waals surface area contributed by atoms with Crippen molar-refractivity contribution in [2.45, 2.75) is 45.3 Å². The van der Waals surface area contributed by atoms with Crippen molar-refractivity contribution in [1.82, 2.24) is 0 Å². The summed E-state index contributed by atoms with van der Waals surface area (Å²) in [6.45, 7) is 5.71. The van der Waals surface area contributed by atoms with E-state index in [9.17, 15) is 0 Å². The van der Waals surface area contributed by atoms with Gasteiger partial charge in [-0.25, -0.2) is 0 Å². The third-order valence-corrected chi connectivity index (χ3v) is 3.47. The number of ether oxygens (including phenoxy) is 2. The maximum absolute atomic E-state index is 6.10. The van der Waals surface area contributed by atoms with Gasteiger partial charge >= 0.3 is 0 Å². The predicted octanol–water partition coefficient (Wildman–Crippen LogP) is 2.44. The molecule has 2 N–H and O–H groups in total. The van der Waals surface area contributed by atoms with E-state index in [1.54, 1.807) is 0 Å². The number of rotatable bonds is 5. The van der Waals surface area contributed by atoms with Gasteiger partial charge < -0.3 is 15.2 Å². The molecule has 18 heavy (non-hydrogen) atoms. The van der Waals surface area contributed by atoms with E-state index in [4.69, 9.17) is 15.2 Å². The minimum absolute atomic E-state index is 0.197. The first-order chi connectivity index (χ1) is 8.70. The molecule has 1 fully saturated rings. The van der Waals surface area contributed by atoms with Crippen molar-refractivity contribution in [3.05, 3.63) is 29.3 Å². The Balaban J connectivity index is 2.14. The Hall–Kier alpha value is -1.06. The summed E-state index contributed by atoms with van der Waals surface area (Å²) in [5.74, 6) is 1.01. The molecule has 2 atom stereocenters. The minimum Gasteiger partial charge on any atom is -0.487 e. The van der Waals surface area contributed by atoms with Crippen LogP contribution in [-0.4, -0.2) is 25.4 Å². The maximum atomic E-state index is 6.10. The van der Waals surface area contributed by atoms with Crippen LogP contribution < -0.4 is 10.5 Å². The third-order valence-electron chi connectivity index (χ3n) is 3.47. The van der Waals surface area contributed by atoms with Gasteiger partial charge in [0.05, 0.1) is 13.2 Å². The fourth-order valence-corrected chi connectivity index (χ4v) is 2.24. The van der Waals surface area contributed by atoms with Gasteiger partial charge in [-0.2, -0.15) is 0 Å². The minimum atomic E-state index is 0.197. The average molecular weight is 249 g/mol. The van der Waals surface area contributed by atoms with Crippen molar-refractivity contribution in [1.29, 1.82) is 0 Å². The molecule has 0 saturated carbocycles. The quantitative estimate of drug-likeness (QED) is 0.871. The highest BCUT2D eigenvalue weighted by atomic mass is 16.5. The van der Waals surface area contributed by atoms with Crippen LogP contribution in [0.2, 0.25) is 0 Å². The second-order valence-corrected chi connectivity index (χ2v) is 5.04. The highest BCUT2D eigenvalue weighted by molar-refractivity contribution is 5.41. The van der Waals surface area contributed by atoms with Gasteiger partial charge in [-0.05, 0) is 30.9 Å². The summed E-state index contributed by atoms with van der Waals surface area (Å²) in [4.78, 5) is 0. The zero-order valence-electron chi connectivity index (χ0n) is 11.3. The van der Waals surface area contributed by atoms with Crippen LogP contribution in [0.3, 0.4) is 0 Å². The Morgan fingerprint density at radius 1 is 1.50 bits per heavy atom. The molecule has 2 unspecified atom stereocenters. The summed E-state index contributed by atoms with van der Waals surface area (Å²) in [6.07, 6.45) is 3.04. The van der Waals surface area contributed by atoms with E-state index in [1.807, 2.05) is 0 Å². The number of nitrogens with two attached hydrogens (primary N) is 1. The summed E-state index contributed by atoms with van der Waals surface area (Å²) >= 11 is 0. The van der Waals surface area contributed by atoms with Crippen LogP contribution in [0.5, 0.6) is 5.75 Å². The third kappa shape index (κ3) is 3.24. The fraction of sp³-hybridized carbons (Fsp3) is 0.600.